The lowest BCUT2D eigenvalue weighted by atomic mass is 9.80. The topological polar surface area (TPSA) is 150 Å². The number of fused-ring (bicyclic) bond motifs is 4. The van der Waals surface area contributed by atoms with Crippen molar-refractivity contribution in [1.29, 1.82) is 0 Å². The Bertz CT molecular complexity index is 2550. The fraction of sp³-hybridized carbons (Fsp3) is 0.489. The zero-order valence-electron chi connectivity index (χ0n) is 35.4. The number of nitrogens with zero attached hydrogens (tertiary/aromatic N) is 7. The first kappa shape index (κ1) is 41.2. The number of aromatic nitrogens is 5. The van der Waals surface area contributed by atoms with Crippen LogP contribution < -0.4 is 5.32 Å². The summed E-state index contributed by atoms with van der Waals surface area (Å²) in [5, 5.41) is 23.6. The number of benzene rings is 2. The predicted molar refractivity (Wildman–Crippen MR) is 228 cm³/mol. The molecule has 0 radical (unpaired) electrons. The third-order valence-electron chi connectivity index (χ3n) is 14.4. The summed E-state index contributed by atoms with van der Waals surface area (Å²) in [6, 6.07) is 13.5. The quantitative estimate of drug-likeness (QED) is 0.0995. The molecule has 2 aliphatic heterocycles. The standard InChI is InChI=1S/C47H54F2N8O4/c1-28-31(22-38(58)43-53-36-25-56(18-11-37(36)55(43)4)20-17-46-12-14-47(26-46,15-13-46)44(59)60)7-5-8-32(28)33-9-6-10-34(29(33)2)51-41-39-35(52-42(54-41)40(48)49)21-30(23-50-39)24-57-19-16-45(3,61)27-57/h5-10,21,23,40,61H,11-20,22,24-27H2,1-4H3,(H,59,60)(H,51,52,54)/t45-,46?,47?/m1/s1. The van der Waals surface area contributed by atoms with Gasteiger partial charge in [0, 0.05) is 70.2 Å². The maximum Gasteiger partial charge on any atom is 0.309 e. The number of carboxylic acid groups (broad SMARTS) is 1. The monoisotopic (exact) mass is 832 g/mol. The summed E-state index contributed by atoms with van der Waals surface area (Å²) in [5.41, 5.74) is 7.71. The molecule has 9 rings (SSSR count). The molecule has 3 aromatic heterocycles. The van der Waals surface area contributed by atoms with E-state index in [1.54, 1.807) is 12.3 Å². The number of carboxylic acids is 1. The lowest BCUT2D eigenvalue weighted by Crippen LogP contribution is -2.34. The van der Waals surface area contributed by atoms with Gasteiger partial charge in [0.05, 0.1) is 22.2 Å². The van der Waals surface area contributed by atoms with Crippen LogP contribution in [0.1, 0.15) is 108 Å². The number of Topliss-reactive ketones (excluding diaryl/α,β-unsaturated/α-hetero) is 1. The highest BCUT2D eigenvalue weighted by atomic mass is 19.3. The van der Waals surface area contributed by atoms with Gasteiger partial charge in [-0.05, 0) is 123 Å². The lowest BCUT2D eigenvalue weighted by molar-refractivity contribution is -0.148. The van der Waals surface area contributed by atoms with Crippen molar-refractivity contribution in [3.8, 4) is 11.1 Å². The molecule has 2 saturated carbocycles. The van der Waals surface area contributed by atoms with Gasteiger partial charge in [0.25, 0.3) is 6.43 Å². The molecule has 3 fully saturated rings. The van der Waals surface area contributed by atoms with E-state index >= 15 is 0 Å². The Morgan fingerprint density at radius 3 is 2.41 bits per heavy atom. The van der Waals surface area contributed by atoms with E-state index in [0.29, 0.717) is 48.6 Å². The number of carbonyl (C=O) groups is 2. The summed E-state index contributed by atoms with van der Waals surface area (Å²) in [6.45, 7) is 10.0. The minimum Gasteiger partial charge on any atom is -0.481 e. The molecule has 5 heterocycles. The number of aliphatic hydroxyl groups is 1. The highest BCUT2D eigenvalue weighted by molar-refractivity contribution is 5.95. The first-order valence-electron chi connectivity index (χ1n) is 21.5. The van der Waals surface area contributed by atoms with Gasteiger partial charge >= 0.3 is 5.97 Å². The summed E-state index contributed by atoms with van der Waals surface area (Å²) in [7, 11) is 1.93. The molecule has 0 unspecified atom stereocenters. The summed E-state index contributed by atoms with van der Waals surface area (Å²) < 4.78 is 30.3. The maximum absolute atomic E-state index is 14.1. The van der Waals surface area contributed by atoms with Crippen LogP contribution in [-0.2, 0) is 37.8 Å². The fourth-order valence-corrected chi connectivity index (χ4v) is 10.8. The first-order valence-corrected chi connectivity index (χ1v) is 21.5. The normalized spacial score (nSPS) is 23.9. The van der Waals surface area contributed by atoms with Crippen molar-refractivity contribution < 1.29 is 28.6 Å². The molecule has 2 aliphatic carbocycles. The van der Waals surface area contributed by atoms with Gasteiger partial charge in [-0.25, -0.2) is 23.7 Å². The first-order chi connectivity index (χ1) is 29.1. The molecule has 12 nitrogen and oxygen atoms in total. The Hall–Kier alpha value is -5.18. The van der Waals surface area contributed by atoms with Crippen molar-refractivity contribution in [1.82, 2.24) is 34.3 Å². The van der Waals surface area contributed by atoms with Gasteiger partial charge in [-0.1, -0.05) is 30.3 Å². The maximum atomic E-state index is 14.1. The average Bonchev–Trinajstić information content (AvgIpc) is 3.99. The van der Waals surface area contributed by atoms with Crippen molar-refractivity contribution >= 4 is 34.3 Å². The van der Waals surface area contributed by atoms with E-state index in [1.165, 1.54) is 0 Å². The van der Waals surface area contributed by atoms with Crippen molar-refractivity contribution in [3.05, 3.63) is 94.0 Å². The molecule has 320 valence electrons. The SMILES string of the molecule is Cc1c(CC(=O)c2nc3c(n2C)CCN(CCC24CCC(C(=O)O)(CC2)C4)C3)cccc1-c1cccc(Nc2nc(C(F)F)nc3cc(CN4CC[C@@](C)(O)C4)cnc23)c1C. The Kier molecular flexibility index (Phi) is 10.5. The summed E-state index contributed by atoms with van der Waals surface area (Å²) in [6.07, 6.45) is 5.88. The number of β-amino-alcohol motifs (C(OH)–C–C–N with tert-alkyl or cyclic N) is 1. The Morgan fingerprint density at radius 2 is 1.70 bits per heavy atom. The van der Waals surface area contributed by atoms with Crippen LogP contribution in [-0.4, -0.2) is 88.0 Å². The Balaban J connectivity index is 0.906. The molecular formula is C47H54F2N8O4. The van der Waals surface area contributed by atoms with Gasteiger partial charge < -0.3 is 20.1 Å². The summed E-state index contributed by atoms with van der Waals surface area (Å²) >= 11 is 0. The Morgan fingerprint density at radius 1 is 0.951 bits per heavy atom. The molecule has 5 aromatic rings. The van der Waals surface area contributed by atoms with Crippen LogP contribution >= 0.6 is 0 Å². The van der Waals surface area contributed by atoms with Crippen LogP contribution in [0.5, 0.6) is 0 Å². The van der Waals surface area contributed by atoms with Crippen LogP contribution in [0, 0.1) is 24.7 Å². The van der Waals surface area contributed by atoms with Gasteiger partial charge in [-0.2, -0.15) is 0 Å². The van der Waals surface area contributed by atoms with Crippen molar-refractivity contribution in [2.24, 2.45) is 17.9 Å². The number of alkyl halides is 2. The van der Waals surface area contributed by atoms with Gasteiger partial charge in [-0.3, -0.25) is 24.4 Å². The summed E-state index contributed by atoms with van der Waals surface area (Å²) in [4.78, 5) is 48.5. The Labute approximate surface area is 354 Å². The second-order valence-corrected chi connectivity index (χ2v) is 18.6. The van der Waals surface area contributed by atoms with Crippen molar-refractivity contribution in [2.75, 3.05) is 31.5 Å². The molecule has 3 N–H and O–H groups in total. The van der Waals surface area contributed by atoms with Crippen LogP contribution in [0.15, 0.2) is 48.7 Å². The second-order valence-electron chi connectivity index (χ2n) is 18.6. The molecule has 2 aromatic carbocycles. The van der Waals surface area contributed by atoms with E-state index in [-0.39, 0.29) is 23.4 Å². The number of nitrogens with one attached hydrogen (secondary N) is 1. The zero-order chi connectivity index (χ0) is 42.8. The number of ketones is 1. The largest absolute Gasteiger partial charge is 0.481 e. The van der Waals surface area contributed by atoms with Gasteiger partial charge in [0.15, 0.2) is 17.5 Å². The minimum atomic E-state index is -2.88. The molecular weight excluding hydrogens is 779 g/mol. The number of pyridine rings is 1. The molecule has 1 saturated heterocycles. The van der Waals surface area contributed by atoms with Crippen molar-refractivity contribution in [3.63, 3.8) is 0 Å². The van der Waals surface area contributed by atoms with E-state index in [0.717, 1.165) is 109 Å². The molecule has 61 heavy (non-hydrogen) atoms. The number of anilines is 2. The number of aliphatic carboxylic acids is 1. The molecule has 4 aliphatic rings. The van der Waals surface area contributed by atoms with Crippen LogP contribution in [0.25, 0.3) is 22.2 Å². The fourth-order valence-electron chi connectivity index (χ4n) is 10.8. The minimum absolute atomic E-state index is 0.0508. The smallest absolute Gasteiger partial charge is 0.309 e. The van der Waals surface area contributed by atoms with Crippen LogP contribution in [0.3, 0.4) is 0 Å². The van der Waals surface area contributed by atoms with Crippen molar-refractivity contribution in [2.45, 2.75) is 104 Å². The van der Waals surface area contributed by atoms with E-state index in [9.17, 15) is 28.6 Å². The number of carbonyl (C=O) groups excluding carboxylic acids is 1. The number of imidazole rings is 1. The molecule has 0 amide bonds. The molecule has 2 bridgehead atoms. The van der Waals surface area contributed by atoms with E-state index in [1.807, 2.05) is 68.8 Å². The molecule has 1 atom stereocenters. The van der Waals surface area contributed by atoms with E-state index < -0.39 is 29.2 Å². The average molecular weight is 833 g/mol. The predicted octanol–water partition coefficient (Wildman–Crippen LogP) is 7.89. The highest BCUT2D eigenvalue weighted by Gasteiger charge is 2.57. The van der Waals surface area contributed by atoms with Gasteiger partial charge in [-0.15, -0.1) is 0 Å². The van der Waals surface area contributed by atoms with Crippen LogP contribution in [0.2, 0.25) is 0 Å². The van der Waals surface area contributed by atoms with Crippen LogP contribution in [0.4, 0.5) is 20.3 Å². The summed E-state index contributed by atoms with van der Waals surface area (Å²) in [5.74, 6) is -0.623. The molecule has 0 spiro atoms. The van der Waals surface area contributed by atoms with Gasteiger partial charge in [0.1, 0.15) is 5.52 Å². The number of likely N-dealkylation sites (tertiary alicyclic amines) is 1. The lowest BCUT2D eigenvalue weighted by Gasteiger charge is -2.32. The van der Waals surface area contributed by atoms with E-state index in [4.69, 9.17) is 4.98 Å². The number of hydrogen-bond acceptors (Lipinski definition) is 10. The highest BCUT2D eigenvalue weighted by Crippen LogP contribution is 2.63. The number of rotatable bonds is 13. The van der Waals surface area contributed by atoms with Gasteiger partial charge in [0.2, 0.25) is 5.78 Å². The number of halogens is 2. The third-order valence-corrected chi connectivity index (χ3v) is 14.4. The second kappa shape index (κ2) is 15.6. The zero-order valence-corrected chi connectivity index (χ0v) is 35.4. The third kappa shape index (κ3) is 7.82. The molecule has 14 heteroatoms. The number of hydrogen-bond donors (Lipinski definition) is 3. The van der Waals surface area contributed by atoms with E-state index in [2.05, 4.69) is 30.1 Å².